The second-order valence-corrected chi connectivity index (χ2v) is 8.56. The first-order valence-electron chi connectivity index (χ1n) is 11.3. The quantitative estimate of drug-likeness (QED) is 0.343. The van der Waals surface area contributed by atoms with Crippen molar-refractivity contribution in [3.63, 3.8) is 0 Å². The minimum atomic E-state index is -0.285. The standard InChI is InChI=1S/C25H28ClN5O4/c1-3-4-19(27-2)16-30-22(17-35-20-7-5-18(26)6-8-20)24-21(15-23(30)32)28-31(25(24)33)10-9-29-11-13-34-14-12-29/h3-8,15,28H,1-2,9-14,16-17H2/b19-4-. The Hall–Kier alpha value is -3.40. The molecule has 0 unspecified atom stereocenters. The molecule has 1 aromatic carbocycles. The number of aromatic nitrogens is 3. The van der Waals surface area contributed by atoms with E-state index in [-0.39, 0.29) is 24.3 Å². The van der Waals surface area contributed by atoms with E-state index in [0.717, 1.165) is 13.1 Å². The van der Waals surface area contributed by atoms with Crippen molar-refractivity contribution in [3.8, 4) is 5.75 Å². The summed E-state index contributed by atoms with van der Waals surface area (Å²) in [6.07, 6.45) is 3.25. The molecule has 0 aliphatic carbocycles. The molecule has 2 aromatic heterocycles. The van der Waals surface area contributed by atoms with Crippen LogP contribution in [0.15, 0.2) is 69.3 Å². The van der Waals surface area contributed by atoms with Crippen molar-refractivity contribution in [2.75, 3.05) is 32.8 Å². The summed E-state index contributed by atoms with van der Waals surface area (Å²) >= 11 is 5.98. The van der Waals surface area contributed by atoms with Crippen LogP contribution in [0.3, 0.4) is 0 Å². The van der Waals surface area contributed by atoms with Gasteiger partial charge in [0.15, 0.2) is 0 Å². The van der Waals surface area contributed by atoms with Crippen LogP contribution >= 0.6 is 11.6 Å². The SMILES string of the molecule is C=C/C=C(/Cn1c(COc2ccc(Cl)cc2)c2c(=O)n(CCN3CCOCC3)[nH]c2cc1=O)N=C. The predicted molar refractivity (Wildman–Crippen MR) is 138 cm³/mol. The number of H-pyrrole nitrogens is 1. The summed E-state index contributed by atoms with van der Waals surface area (Å²) in [6, 6.07) is 8.33. The third-order valence-corrected chi connectivity index (χ3v) is 6.15. The van der Waals surface area contributed by atoms with E-state index in [9.17, 15) is 9.59 Å². The molecule has 184 valence electrons. The highest BCUT2D eigenvalue weighted by Crippen LogP contribution is 2.20. The molecule has 0 radical (unpaired) electrons. The van der Waals surface area contributed by atoms with Gasteiger partial charge >= 0.3 is 0 Å². The van der Waals surface area contributed by atoms with Crippen LogP contribution in [0.4, 0.5) is 0 Å². The predicted octanol–water partition coefficient (Wildman–Crippen LogP) is 2.83. The third kappa shape index (κ3) is 5.82. The molecular formula is C25H28ClN5O4. The highest BCUT2D eigenvalue weighted by molar-refractivity contribution is 6.30. The number of nitrogens with one attached hydrogen (secondary N) is 1. The van der Waals surface area contributed by atoms with Crippen molar-refractivity contribution in [1.29, 1.82) is 0 Å². The largest absolute Gasteiger partial charge is 0.487 e. The van der Waals surface area contributed by atoms with Crippen LogP contribution in [0.1, 0.15) is 5.69 Å². The van der Waals surface area contributed by atoms with Crippen molar-refractivity contribution in [2.24, 2.45) is 4.99 Å². The topological polar surface area (TPSA) is 93.8 Å². The van der Waals surface area contributed by atoms with E-state index < -0.39 is 0 Å². The van der Waals surface area contributed by atoms with Gasteiger partial charge in [-0.15, -0.1) is 0 Å². The number of rotatable bonds is 10. The first-order valence-corrected chi connectivity index (χ1v) is 11.7. The number of halogens is 1. The Morgan fingerprint density at radius 1 is 1.20 bits per heavy atom. The summed E-state index contributed by atoms with van der Waals surface area (Å²) in [6.45, 7) is 11.6. The number of morpholine rings is 1. The maximum absolute atomic E-state index is 13.5. The van der Waals surface area contributed by atoms with Crippen LogP contribution in [-0.4, -0.2) is 58.8 Å². The highest BCUT2D eigenvalue weighted by atomic mass is 35.5. The van der Waals surface area contributed by atoms with E-state index in [1.54, 1.807) is 41.1 Å². The first kappa shape index (κ1) is 24.7. The fourth-order valence-electron chi connectivity index (χ4n) is 4.04. The molecule has 1 aliphatic rings. The molecule has 35 heavy (non-hydrogen) atoms. The molecule has 3 aromatic rings. The molecule has 1 aliphatic heterocycles. The Kier molecular flexibility index (Phi) is 8.02. The molecule has 1 N–H and O–H groups in total. The second kappa shape index (κ2) is 11.4. The summed E-state index contributed by atoms with van der Waals surface area (Å²) in [5.41, 5.74) is 0.962. The third-order valence-electron chi connectivity index (χ3n) is 5.90. The Balaban J connectivity index is 1.73. The Labute approximate surface area is 207 Å². The van der Waals surface area contributed by atoms with E-state index in [4.69, 9.17) is 21.1 Å². The van der Waals surface area contributed by atoms with E-state index in [1.165, 1.54) is 10.6 Å². The zero-order chi connectivity index (χ0) is 24.8. The highest BCUT2D eigenvalue weighted by Gasteiger charge is 2.19. The van der Waals surface area contributed by atoms with E-state index >= 15 is 0 Å². The number of benzene rings is 1. The lowest BCUT2D eigenvalue weighted by Gasteiger charge is -2.26. The van der Waals surface area contributed by atoms with Crippen molar-refractivity contribution < 1.29 is 9.47 Å². The van der Waals surface area contributed by atoms with Gasteiger partial charge in [0.2, 0.25) is 0 Å². The average Bonchev–Trinajstić information content (AvgIpc) is 3.18. The van der Waals surface area contributed by atoms with Crippen LogP contribution in [0.5, 0.6) is 5.75 Å². The molecule has 3 heterocycles. The molecule has 0 saturated carbocycles. The van der Waals surface area contributed by atoms with Crippen molar-refractivity contribution in [2.45, 2.75) is 19.7 Å². The zero-order valence-corrected chi connectivity index (χ0v) is 20.2. The number of aliphatic imine (C=N–C) groups is 1. The van der Waals surface area contributed by atoms with Gasteiger partial charge in [-0.05, 0) is 37.1 Å². The summed E-state index contributed by atoms with van der Waals surface area (Å²) in [5.74, 6) is 0.567. The molecule has 10 heteroatoms. The zero-order valence-electron chi connectivity index (χ0n) is 19.4. The number of fused-ring (bicyclic) bond motifs is 1. The number of aromatic amines is 1. The molecule has 0 atom stereocenters. The van der Waals surface area contributed by atoms with Gasteiger partial charge in [-0.1, -0.05) is 24.3 Å². The van der Waals surface area contributed by atoms with Gasteiger partial charge in [0.25, 0.3) is 11.1 Å². The molecule has 0 amide bonds. The second-order valence-electron chi connectivity index (χ2n) is 8.12. The lowest BCUT2D eigenvalue weighted by Crippen LogP contribution is -2.39. The maximum Gasteiger partial charge on any atom is 0.276 e. The van der Waals surface area contributed by atoms with Gasteiger partial charge in [0.05, 0.1) is 48.6 Å². The fraction of sp³-hybridized carbons (Fsp3) is 0.320. The van der Waals surface area contributed by atoms with Gasteiger partial charge in [-0.2, -0.15) is 0 Å². The van der Waals surface area contributed by atoms with Crippen LogP contribution in [-0.2, 0) is 24.4 Å². The summed E-state index contributed by atoms with van der Waals surface area (Å²) in [4.78, 5) is 32.8. The van der Waals surface area contributed by atoms with E-state index in [0.29, 0.717) is 59.4 Å². The van der Waals surface area contributed by atoms with Gasteiger partial charge in [-0.25, -0.2) is 0 Å². The first-order chi connectivity index (χ1) is 17.0. The van der Waals surface area contributed by atoms with Gasteiger partial charge in [0, 0.05) is 30.7 Å². The monoisotopic (exact) mass is 497 g/mol. The lowest BCUT2D eigenvalue weighted by atomic mass is 10.2. The Morgan fingerprint density at radius 2 is 1.94 bits per heavy atom. The molecule has 1 saturated heterocycles. The Morgan fingerprint density at radius 3 is 2.63 bits per heavy atom. The van der Waals surface area contributed by atoms with E-state index in [2.05, 4.69) is 28.3 Å². The van der Waals surface area contributed by atoms with Crippen molar-refractivity contribution in [1.82, 2.24) is 19.2 Å². The van der Waals surface area contributed by atoms with E-state index in [1.807, 2.05) is 0 Å². The van der Waals surface area contributed by atoms with Crippen LogP contribution in [0.2, 0.25) is 5.02 Å². The summed E-state index contributed by atoms with van der Waals surface area (Å²) in [7, 11) is 0. The van der Waals surface area contributed by atoms with Crippen LogP contribution in [0.25, 0.3) is 10.9 Å². The average molecular weight is 498 g/mol. The lowest BCUT2D eigenvalue weighted by molar-refractivity contribution is 0.0359. The minimum Gasteiger partial charge on any atom is -0.487 e. The number of hydrogen-bond donors (Lipinski definition) is 1. The molecule has 0 spiro atoms. The minimum absolute atomic E-state index is 0.00326. The molecule has 9 nitrogen and oxygen atoms in total. The molecule has 1 fully saturated rings. The number of hydrogen-bond acceptors (Lipinski definition) is 6. The van der Waals surface area contributed by atoms with Crippen LogP contribution < -0.4 is 15.9 Å². The normalized spacial score (nSPS) is 14.8. The number of pyridine rings is 1. The molecule has 4 rings (SSSR count). The Bertz CT molecular complexity index is 1350. The fourth-order valence-corrected chi connectivity index (χ4v) is 4.16. The molecule has 0 bridgehead atoms. The number of nitrogens with zero attached hydrogens (tertiary/aromatic N) is 4. The molecular weight excluding hydrogens is 470 g/mol. The van der Waals surface area contributed by atoms with Gasteiger partial charge < -0.3 is 14.0 Å². The summed E-state index contributed by atoms with van der Waals surface area (Å²) < 4.78 is 14.4. The number of allylic oxidation sites excluding steroid dienone is 3. The summed E-state index contributed by atoms with van der Waals surface area (Å²) in [5, 5.41) is 4.09. The van der Waals surface area contributed by atoms with Crippen molar-refractivity contribution >= 4 is 29.2 Å². The smallest absolute Gasteiger partial charge is 0.276 e. The van der Waals surface area contributed by atoms with Gasteiger partial charge in [0.1, 0.15) is 12.4 Å². The van der Waals surface area contributed by atoms with Crippen molar-refractivity contribution in [3.05, 3.63) is 86.2 Å². The maximum atomic E-state index is 13.5. The number of ether oxygens (including phenoxy) is 2. The van der Waals surface area contributed by atoms with Gasteiger partial charge in [-0.3, -0.25) is 29.3 Å². The van der Waals surface area contributed by atoms with Crippen LogP contribution in [0, 0.1) is 0 Å².